The summed E-state index contributed by atoms with van der Waals surface area (Å²) in [6, 6.07) is 4.10. The number of nitrogens with two attached hydrogens (primary N) is 1. The smallest absolute Gasteiger partial charge is 0.0914 e. The molecule has 0 unspecified atom stereocenters. The highest BCUT2D eigenvalue weighted by molar-refractivity contribution is 5.80. The molecule has 0 radical (unpaired) electrons. The molecule has 1 fully saturated rings. The molecule has 1 aliphatic rings. The topological polar surface area (TPSA) is 54.7 Å². The molecule has 3 rings (SSSR count). The molecule has 1 aliphatic carbocycles. The number of fused-ring (bicyclic) bond motifs is 1. The largest absolute Gasteiger partial charge is 0.357 e. The van der Waals surface area contributed by atoms with Crippen molar-refractivity contribution < 1.29 is 0 Å². The van der Waals surface area contributed by atoms with E-state index in [0.717, 1.165) is 17.5 Å². The summed E-state index contributed by atoms with van der Waals surface area (Å²) < 4.78 is 0. The second-order valence-corrected chi connectivity index (χ2v) is 4.94. The molecule has 2 aromatic rings. The van der Waals surface area contributed by atoms with Crippen molar-refractivity contribution in [1.82, 2.24) is 9.97 Å². The fourth-order valence-electron chi connectivity index (χ4n) is 3.06. The van der Waals surface area contributed by atoms with Crippen LogP contribution in [0.2, 0.25) is 0 Å². The van der Waals surface area contributed by atoms with Gasteiger partial charge in [0.25, 0.3) is 0 Å². The van der Waals surface area contributed by atoms with Crippen molar-refractivity contribution in [1.29, 1.82) is 0 Å². The molecule has 0 spiro atoms. The number of nitrogens with one attached hydrogen (secondary N) is 1. The quantitative estimate of drug-likeness (QED) is 0.850. The Morgan fingerprint density at radius 2 is 2.18 bits per heavy atom. The lowest BCUT2D eigenvalue weighted by molar-refractivity contribution is 0.693. The van der Waals surface area contributed by atoms with Gasteiger partial charge in [-0.1, -0.05) is 12.8 Å². The van der Waals surface area contributed by atoms with Gasteiger partial charge in [-0.25, -0.2) is 0 Å². The molecule has 0 amide bonds. The third kappa shape index (κ3) is 1.84. The third-order valence-electron chi connectivity index (χ3n) is 3.85. The zero-order chi connectivity index (χ0) is 11.7. The van der Waals surface area contributed by atoms with Crippen LogP contribution in [0.3, 0.4) is 0 Å². The Hall–Kier alpha value is -1.35. The molecule has 2 heterocycles. The van der Waals surface area contributed by atoms with Crippen LogP contribution in [-0.4, -0.2) is 16.5 Å². The fraction of sp³-hybridized carbons (Fsp3) is 0.500. The Bertz CT molecular complexity index is 509. The summed E-state index contributed by atoms with van der Waals surface area (Å²) in [5.41, 5.74) is 10.8. The van der Waals surface area contributed by atoms with Gasteiger partial charge in [-0.05, 0) is 43.9 Å². The van der Waals surface area contributed by atoms with Crippen LogP contribution in [-0.2, 0) is 6.42 Å². The summed E-state index contributed by atoms with van der Waals surface area (Å²) in [6.45, 7) is 0.698. The number of H-pyrrole nitrogens is 1. The van der Waals surface area contributed by atoms with E-state index in [1.165, 1.54) is 36.9 Å². The SMILES string of the molecule is NCCc1c(C2CCCC2)[nH]c2cccnc12. The number of aromatic nitrogens is 2. The molecule has 3 N–H and O–H groups in total. The van der Waals surface area contributed by atoms with Gasteiger partial charge in [-0.3, -0.25) is 4.98 Å². The summed E-state index contributed by atoms with van der Waals surface area (Å²) in [6.07, 6.45) is 8.14. The molecular weight excluding hydrogens is 210 g/mol. The second kappa shape index (κ2) is 4.49. The number of rotatable bonds is 3. The average Bonchev–Trinajstić information content (AvgIpc) is 2.97. The van der Waals surface area contributed by atoms with Crippen LogP contribution in [0, 0.1) is 0 Å². The first kappa shape index (κ1) is 10.8. The Labute approximate surface area is 101 Å². The molecule has 2 aromatic heterocycles. The van der Waals surface area contributed by atoms with Crippen LogP contribution >= 0.6 is 0 Å². The van der Waals surface area contributed by atoms with Gasteiger partial charge in [0.15, 0.2) is 0 Å². The molecule has 0 atom stereocenters. The standard InChI is InChI=1S/C14H19N3/c15-8-7-11-13(10-4-1-2-5-10)17-12-6-3-9-16-14(11)12/h3,6,9-10,17H,1-2,4-5,7-8,15H2. The molecule has 90 valence electrons. The minimum absolute atomic E-state index is 0.698. The van der Waals surface area contributed by atoms with Crippen molar-refractivity contribution >= 4 is 11.0 Å². The van der Waals surface area contributed by atoms with E-state index in [9.17, 15) is 0 Å². The highest BCUT2D eigenvalue weighted by Crippen LogP contribution is 2.37. The minimum Gasteiger partial charge on any atom is -0.357 e. The number of hydrogen-bond donors (Lipinski definition) is 2. The van der Waals surface area contributed by atoms with Crippen molar-refractivity contribution in [3.8, 4) is 0 Å². The predicted octanol–water partition coefficient (Wildman–Crippen LogP) is 2.72. The third-order valence-corrected chi connectivity index (χ3v) is 3.85. The van der Waals surface area contributed by atoms with Gasteiger partial charge in [0, 0.05) is 17.5 Å². The van der Waals surface area contributed by atoms with Crippen LogP contribution in [0.1, 0.15) is 42.9 Å². The van der Waals surface area contributed by atoms with Gasteiger partial charge in [-0.2, -0.15) is 0 Å². The van der Waals surface area contributed by atoms with Crippen LogP contribution < -0.4 is 5.73 Å². The van der Waals surface area contributed by atoms with E-state index in [1.54, 1.807) is 0 Å². The molecule has 17 heavy (non-hydrogen) atoms. The molecule has 3 heteroatoms. The Morgan fingerprint density at radius 1 is 1.35 bits per heavy atom. The monoisotopic (exact) mass is 229 g/mol. The van der Waals surface area contributed by atoms with E-state index in [-0.39, 0.29) is 0 Å². The summed E-state index contributed by atoms with van der Waals surface area (Å²) in [5, 5.41) is 0. The van der Waals surface area contributed by atoms with Crippen LogP contribution in [0.25, 0.3) is 11.0 Å². The summed E-state index contributed by atoms with van der Waals surface area (Å²) >= 11 is 0. The zero-order valence-corrected chi connectivity index (χ0v) is 10.1. The highest BCUT2D eigenvalue weighted by Gasteiger charge is 2.23. The molecule has 0 aromatic carbocycles. The van der Waals surface area contributed by atoms with E-state index >= 15 is 0 Å². The highest BCUT2D eigenvalue weighted by atomic mass is 14.8. The van der Waals surface area contributed by atoms with Gasteiger partial charge < -0.3 is 10.7 Å². The number of hydrogen-bond acceptors (Lipinski definition) is 2. The Balaban J connectivity index is 2.11. The van der Waals surface area contributed by atoms with E-state index in [2.05, 4.69) is 16.0 Å². The second-order valence-electron chi connectivity index (χ2n) is 4.94. The molecule has 0 bridgehead atoms. The number of pyridine rings is 1. The van der Waals surface area contributed by atoms with Crippen LogP contribution in [0.5, 0.6) is 0 Å². The molecule has 3 nitrogen and oxygen atoms in total. The normalized spacial score (nSPS) is 17.0. The Morgan fingerprint density at radius 3 is 2.94 bits per heavy atom. The van der Waals surface area contributed by atoms with E-state index in [0.29, 0.717) is 12.5 Å². The predicted molar refractivity (Wildman–Crippen MR) is 70.1 cm³/mol. The van der Waals surface area contributed by atoms with Gasteiger partial charge in [0.05, 0.1) is 11.0 Å². The molecule has 0 saturated heterocycles. The van der Waals surface area contributed by atoms with Crippen molar-refractivity contribution in [3.63, 3.8) is 0 Å². The molecular formula is C14H19N3. The maximum Gasteiger partial charge on any atom is 0.0914 e. The minimum atomic E-state index is 0.698. The van der Waals surface area contributed by atoms with E-state index in [1.807, 2.05) is 12.3 Å². The lowest BCUT2D eigenvalue weighted by atomic mass is 9.98. The summed E-state index contributed by atoms with van der Waals surface area (Å²) in [5.74, 6) is 0.700. The first-order chi connectivity index (χ1) is 8.40. The van der Waals surface area contributed by atoms with Crippen LogP contribution in [0.15, 0.2) is 18.3 Å². The van der Waals surface area contributed by atoms with Gasteiger partial charge in [0.2, 0.25) is 0 Å². The number of nitrogens with zero attached hydrogens (tertiary/aromatic N) is 1. The lowest BCUT2D eigenvalue weighted by Crippen LogP contribution is -2.06. The Kier molecular flexibility index (Phi) is 2.85. The molecule has 0 aliphatic heterocycles. The summed E-state index contributed by atoms with van der Waals surface area (Å²) in [7, 11) is 0. The fourth-order valence-corrected chi connectivity index (χ4v) is 3.06. The first-order valence-electron chi connectivity index (χ1n) is 6.55. The lowest BCUT2D eigenvalue weighted by Gasteiger charge is -2.09. The van der Waals surface area contributed by atoms with Crippen molar-refractivity contribution in [2.75, 3.05) is 6.54 Å². The van der Waals surface area contributed by atoms with Crippen molar-refractivity contribution in [2.45, 2.75) is 38.0 Å². The van der Waals surface area contributed by atoms with Crippen molar-refractivity contribution in [2.24, 2.45) is 5.73 Å². The van der Waals surface area contributed by atoms with Crippen LogP contribution in [0.4, 0.5) is 0 Å². The maximum atomic E-state index is 5.74. The summed E-state index contributed by atoms with van der Waals surface area (Å²) in [4.78, 5) is 8.08. The number of aromatic amines is 1. The van der Waals surface area contributed by atoms with Gasteiger partial charge in [-0.15, -0.1) is 0 Å². The maximum absolute atomic E-state index is 5.74. The average molecular weight is 229 g/mol. The molecule has 1 saturated carbocycles. The van der Waals surface area contributed by atoms with Gasteiger partial charge >= 0.3 is 0 Å². The van der Waals surface area contributed by atoms with E-state index in [4.69, 9.17) is 5.73 Å². The van der Waals surface area contributed by atoms with Gasteiger partial charge in [0.1, 0.15) is 0 Å². The first-order valence-corrected chi connectivity index (χ1v) is 6.55. The van der Waals surface area contributed by atoms with Crippen molar-refractivity contribution in [3.05, 3.63) is 29.6 Å². The van der Waals surface area contributed by atoms with E-state index < -0.39 is 0 Å². The zero-order valence-electron chi connectivity index (χ0n) is 10.1.